The van der Waals surface area contributed by atoms with E-state index in [1.807, 2.05) is 27.7 Å². The van der Waals surface area contributed by atoms with Crippen molar-refractivity contribution in [1.29, 1.82) is 0 Å². The Morgan fingerprint density at radius 2 is 1.96 bits per heavy atom. The third-order valence-corrected chi connectivity index (χ3v) is 3.14. The molecule has 0 aliphatic carbocycles. The topological polar surface area (TPSA) is 65.1 Å². The molecule has 6 nitrogen and oxygen atoms in total. The van der Waals surface area contributed by atoms with Crippen molar-refractivity contribution in [1.82, 2.24) is 5.06 Å². The quantitative estimate of drug-likeness (QED) is 0.511. The van der Waals surface area contributed by atoms with Crippen molar-refractivity contribution in [2.24, 2.45) is 0 Å². The summed E-state index contributed by atoms with van der Waals surface area (Å²) in [5.74, 6) is 1.11. The Kier molecular flexibility index (Phi) is 7.22. The standard InChI is InChI=1S/C18H27NO5/c1-7-23-17-11-14(8-9-16(17)22-6)15(10-13(2)21)19(12-20)24-18(3,4)5/h8-9,11-12,15H,7,10H2,1-6H3. The molecule has 24 heavy (non-hydrogen) atoms. The Morgan fingerprint density at radius 1 is 1.29 bits per heavy atom. The van der Waals surface area contributed by atoms with Crippen molar-refractivity contribution >= 4 is 12.2 Å². The molecule has 1 aromatic carbocycles. The maximum absolute atomic E-state index is 11.7. The number of hydrogen-bond acceptors (Lipinski definition) is 5. The second-order valence-electron chi connectivity index (χ2n) is 6.43. The van der Waals surface area contributed by atoms with Gasteiger partial charge in [0.15, 0.2) is 11.5 Å². The monoisotopic (exact) mass is 337 g/mol. The summed E-state index contributed by atoms with van der Waals surface area (Å²) >= 11 is 0. The maximum Gasteiger partial charge on any atom is 0.233 e. The van der Waals surface area contributed by atoms with Gasteiger partial charge in [-0.1, -0.05) is 6.07 Å². The molecule has 0 heterocycles. The number of ether oxygens (including phenoxy) is 2. The molecule has 134 valence electrons. The Balaban J connectivity index is 3.26. The van der Waals surface area contributed by atoms with Crippen molar-refractivity contribution in [3.63, 3.8) is 0 Å². The molecule has 0 fully saturated rings. The fourth-order valence-corrected chi connectivity index (χ4v) is 2.27. The van der Waals surface area contributed by atoms with Gasteiger partial charge in [-0.2, -0.15) is 0 Å². The summed E-state index contributed by atoms with van der Waals surface area (Å²) in [4.78, 5) is 28.9. The highest BCUT2D eigenvalue weighted by molar-refractivity contribution is 5.76. The second kappa shape index (κ2) is 8.68. The highest BCUT2D eigenvalue weighted by Crippen LogP contribution is 2.34. The number of rotatable bonds is 9. The Bertz CT molecular complexity index is 565. The van der Waals surface area contributed by atoms with E-state index in [-0.39, 0.29) is 12.2 Å². The summed E-state index contributed by atoms with van der Waals surface area (Å²) in [6, 6.07) is 4.80. The van der Waals surface area contributed by atoms with Crippen LogP contribution in [0, 0.1) is 0 Å². The predicted octanol–water partition coefficient (Wildman–Crippen LogP) is 3.30. The highest BCUT2D eigenvalue weighted by Gasteiger charge is 2.27. The minimum atomic E-state index is -0.564. The van der Waals surface area contributed by atoms with Crippen LogP contribution in [0.1, 0.15) is 52.6 Å². The van der Waals surface area contributed by atoms with E-state index in [0.29, 0.717) is 24.5 Å². The number of hydrogen-bond donors (Lipinski definition) is 0. The summed E-state index contributed by atoms with van der Waals surface area (Å²) in [7, 11) is 1.56. The molecule has 0 radical (unpaired) electrons. The van der Waals surface area contributed by atoms with Crippen LogP contribution in [-0.4, -0.2) is 36.6 Å². The lowest BCUT2D eigenvalue weighted by Crippen LogP contribution is -2.36. The van der Waals surface area contributed by atoms with E-state index in [1.165, 1.54) is 12.0 Å². The smallest absolute Gasteiger partial charge is 0.233 e. The van der Waals surface area contributed by atoms with Crippen molar-refractivity contribution in [2.75, 3.05) is 13.7 Å². The fourth-order valence-electron chi connectivity index (χ4n) is 2.27. The summed E-state index contributed by atoms with van der Waals surface area (Å²) in [6.45, 7) is 9.36. The fraction of sp³-hybridized carbons (Fsp3) is 0.556. The van der Waals surface area contributed by atoms with Gasteiger partial charge >= 0.3 is 0 Å². The molecule has 0 spiro atoms. The lowest BCUT2D eigenvalue weighted by Gasteiger charge is -2.33. The first kappa shape index (κ1) is 20.0. The average molecular weight is 337 g/mol. The second-order valence-corrected chi connectivity index (χ2v) is 6.43. The number of benzene rings is 1. The minimum absolute atomic E-state index is 0.0434. The molecule has 1 amide bonds. The van der Waals surface area contributed by atoms with Crippen LogP contribution in [0.5, 0.6) is 11.5 Å². The first-order chi connectivity index (χ1) is 11.2. The van der Waals surface area contributed by atoms with Crippen LogP contribution < -0.4 is 9.47 Å². The third kappa shape index (κ3) is 5.85. The average Bonchev–Trinajstić information content (AvgIpc) is 2.49. The van der Waals surface area contributed by atoms with E-state index in [1.54, 1.807) is 25.3 Å². The van der Waals surface area contributed by atoms with Crippen LogP contribution in [0.15, 0.2) is 18.2 Å². The predicted molar refractivity (Wildman–Crippen MR) is 90.9 cm³/mol. The Hall–Kier alpha value is -2.08. The molecule has 0 N–H and O–H groups in total. The summed E-state index contributed by atoms with van der Waals surface area (Å²) in [5, 5.41) is 1.19. The molecule has 0 aromatic heterocycles. The summed E-state index contributed by atoms with van der Waals surface area (Å²) in [6.07, 6.45) is 0.746. The molecule has 6 heteroatoms. The summed E-state index contributed by atoms with van der Waals surface area (Å²) < 4.78 is 10.9. The van der Waals surface area contributed by atoms with Crippen molar-refractivity contribution in [2.45, 2.75) is 52.7 Å². The lowest BCUT2D eigenvalue weighted by molar-refractivity contribution is -0.234. The van der Waals surface area contributed by atoms with Gasteiger partial charge in [-0.05, 0) is 52.3 Å². The van der Waals surface area contributed by atoms with Crippen LogP contribution in [0.25, 0.3) is 0 Å². The number of carbonyl (C=O) groups is 2. The molecular weight excluding hydrogens is 310 g/mol. The van der Waals surface area contributed by atoms with Crippen LogP contribution >= 0.6 is 0 Å². The third-order valence-electron chi connectivity index (χ3n) is 3.14. The molecule has 0 aliphatic rings. The molecule has 0 bridgehead atoms. The van der Waals surface area contributed by atoms with Gasteiger partial charge in [0.2, 0.25) is 6.41 Å². The van der Waals surface area contributed by atoms with Gasteiger partial charge in [-0.3, -0.25) is 14.4 Å². The van der Waals surface area contributed by atoms with Crippen molar-refractivity contribution < 1.29 is 23.9 Å². The Labute approximate surface area is 143 Å². The lowest BCUT2D eigenvalue weighted by atomic mass is 10.0. The number of methoxy groups -OCH3 is 1. The largest absolute Gasteiger partial charge is 0.493 e. The molecule has 1 atom stereocenters. The van der Waals surface area contributed by atoms with Gasteiger partial charge in [-0.15, -0.1) is 0 Å². The van der Waals surface area contributed by atoms with Crippen LogP contribution in [-0.2, 0) is 14.4 Å². The molecular formula is C18H27NO5. The van der Waals surface area contributed by atoms with Crippen LogP contribution in [0.3, 0.4) is 0 Å². The maximum atomic E-state index is 11.7. The van der Waals surface area contributed by atoms with E-state index in [4.69, 9.17) is 14.3 Å². The van der Waals surface area contributed by atoms with Crippen molar-refractivity contribution in [3.8, 4) is 11.5 Å². The number of ketones is 1. The molecule has 0 saturated heterocycles. The van der Waals surface area contributed by atoms with E-state index in [9.17, 15) is 9.59 Å². The van der Waals surface area contributed by atoms with E-state index in [2.05, 4.69) is 0 Å². The first-order valence-electron chi connectivity index (χ1n) is 7.94. The zero-order valence-electron chi connectivity index (χ0n) is 15.3. The summed E-state index contributed by atoms with van der Waals surface area (Å²) in [5.41, 5.74) is 0.177. The van der Waals surface area contributed by atoms with Gasteiger partial charge < -0.3 is 9.47 Å². The van der Waals surface area contributed by atoms with Gasteiger partial charge in [-0.25, -0.2) is 5.06 Å². The number of nitrogens with zero attached hydrogens (tertiary/aromatic N) is 1. The SMILES string of the molecule is CCOc1cc(C(CC(C)=O)N(C=O)OC(C)(C)C)ccc1OC. The number of Topliss-reactive ketones (excluding diaryl/α,β-unsaturated/α-hetero) is 1. The zero-order chi connectivity index (χ0) is 18.3. The molecule has 1 aromatic rings. The molecule has 1 rings (SSSR count). The molecule has 0 aliphatic heterocycles. The molecule has 0 saturated carbocycles. The van der Waals surface area contributed by atoms with E-state index >= 15 is 0 Å². The van der Waals surface area contributed by atoms with Gasteiger partial charge in [0.05, 0.1) is 25.4 Å². The Morgan fingerprint density at radius 3 is 2.42 bits per heavy atom. The van der Waals surface area contributed by atoms with Crippen molar-refractivity contribution in [3.05, 3.63) is 23.8 Å². The van der Waals surface area contributed by atoms with Crippen LogP contribution in [0.2, 0.25) is 0 Å². The number of hydroxylamine groups is 2. The molecule has 1 unspecified atom stereocenters. The van der Waals surface area contributed by atoms with E-state index in [0.717, 1.165) is 5.56 Å². The van der Waals surface area contributed by atoms with Gasteiger partial charge in [0, 0.05) is 6.42 Å². The van der Waals surface area contributed by atoms with Gasteiger partial charge in [0.1, 0.15) is 5.78 Å². The first-order valence-corrected chi connectivity index (χ1v) is 7.94. The number of carbonyl (C=O) groups excluding carboxylic acids is 2. The van der Waals surface area contributed by atoms with Gasteiger partial charge in [0.25, 0.3) is 0 Å². The normalized spacial score (nSPS) is 12.4. The van der Waals surface area contributed by atoms with Crippen LogP contribution in [0.4, 0.5) is 0 Å². The highest BCUT2D eigenvalue weighted by atomic mass is 16.7. The van der Waals surface area contributed by atoms with E-state index < -0.39 is 11.6 Å². The zero-order valence-corrected chi connectivity index (χ0v) is 15.3. The minimum Gasteiger partial charge on any atom is -0.493 e. The number of amides is 1.